The molecule has 0 saturated heterocycles. The fourth-order valence-corrected chi connectivity index (χ4v) is 2.13. The molecule has 0 unspecified atom stereocenters. The number of para-hydroxylation sites is 1. The topological polar surface area (TPSA) is 41.1 Å². The zero-order valence-corrected chi connectivity index (χ0v) is 12.9. The maximum Gasteiger partial charge on any atom is 0.239 e. The molecule has 2 aromatic carbocycles. The van der Waals surface area contributed by atoms with Crippen molar-refractivity contribution in [3.8, 4) is 0 Å². The van der Waals surface area contributed by atoms with Gasteiger partial charge in [0.05, 0.1) is 12.6 Å². The lowest BCUT2D eigenvalue weighted by Crippen LogP contribution is -2.32. The van der Waals surface area contributed by atoms with Gasteiger partial charge in [0, 0.05) is 10.2 Å². The van der Waals surface area contributed by atoms with E-state index in [2.05, 4.69) is 26.6 Å². The number of benzene rings is 2. The van der Waals surface area contributed by atoms with Crippen LogP contribution in [0.25, 0.3) is 0 Å². The zero-order chi connectivity index (χ0) is 14.4. The van der Waals surface area contributed by atoms with Gasteiger partial charge in [0.15, 0.2) is 0 Å². The van der Waals surface area contributed by atoms with Crippen molar-refractivity contribution in [2.24, 2.45) is 0 Å². The van der Waals surface area contributed by atoms with Gasteiger partial charge in [0.25, 0.3) is 0 Å². The van der Waals surface area contributed by atoms with E-state index in [9.17, 15) is 4.79 Å². The number of nitrogens with one attached hydrogen (secondary N) is 2. The Bertz CT molecular complexity index is 554. The third-order valence-corrected chi connectivity index (χ3v) is 3.50. The largest absolute Gasteiger partial charge is 0.376 e. The van der Waals surface area contributed by atoms with Gasteiger partial charge in [-0.2, -0.15) is 0 Å². The maximum atomic E-state index is 11.9. The molecule has 0 fully saturated rings. The van der Waals surface area contributed by atoms with Crippen molar-refractivity contribution in [2.45, 2.75) is 13.0 Å². The first kappa shape index (κ1) is 14.6. The van der Waals surface area contributed by atoms with Crippen LogP contribution in [0, 0.1) is 0 Å². The Labute approximate surface area is 127 Å². The van der Waals surface area contributed by atoms with Gasteiger partial charge in [-0.15, -0.1) is 0 Å². The molecule has 0 aliphatic rings. The summed E-state index contributed by atoms with van der Waals surface area (Å²) >= 11 is 3.40. The predicted molar refractivity (Wildman–Crippen MR) is 85.6 cm³/mol. The van der Waals surface area contributed by atoms with Crippen LogP contribution in [0.5, 0.6) is 0 Å². The summed E-state index contributed by atoms with van der Waals surface area (Å²) in [6.45, 7) is 2.24. The molecule has 20 heavy (non-hydrogen) atoms. The number of anilines is 1. The van der Waals surface area contributed by atoms with Gasteiger partial charge < -0.3 is 10.6 Å². The quantitative estimate of drug-likeness (QED) is 0.875. The van der Waals surface area contributed by atoms with Gasteiger partial charge in [-0.1, -0.05) is 46.3 Å². The second-order valence-electron chi connectivity index (χ2n) is 4.56. The number of carbonyl (C=O) groups is 1. The Balaban J connectivity index is 1.83. The first-order valence-corrected chi connectivity index (χ1v) is 7.28. The minimum Gasteiger partial charge on any atom is -0.376 e. The van der Waals surface area contributed by atoms with Crippen molar-refractivity contribution in [3.63, 3.8) is 0 Å². The summed E-state index contributed by atoms with van der Waals surface area (Å²) in [7, 11) is 0. The van der Waals surface area contributed by atoms with Crippen LogP contribution < -0.4 is 10.6 Å². The lowest BCUT2D eigenvalue weighted by Gasteiger charge is -2.15. The van der Waals surface area contributed by atoms with Crippen LogP contribution in [0.15, 0.2) is 59.1 Å². The molecule has 0 radical (unpaired) electrons. The van der Waals surface area contributed by atoms with Crippen molar-refractivity contribution in [1.82, 2.24) is 5.32 Å². The number of halogens is 1. The van der Waals surface area contributed by atoms with Crippen molar-refractivity contribution in [1.29, 1.82) is 0 Å². The number of carbonyl (C=O) groups excluding carboxylic acids is 1. The van der Waals surface area contributed by atoms with Crippen LogP contribution in [0.4, 0.5) is 5.69 Å². The molecule has 0 spiro atoms. The molecular formula is C16H17BrN2O. The highest BCUT2D eigenvalue weighted by Crippen LogP contribution is 2.16. The van der Waals surface area contributed by atoms with E-state index in [1.54, 1.807) is 0 Å². The summed E-state index contributed by atoms with van der Waals surface area (Å²) < 4.78 is 1.03. The minimum atomic E-state index is -0.0238. The summed E-state index contributed by atoms with van der Waals surface area (Å²) in [6, 6.07) is 17.6. The average molecular weight is 333 g/mol. The highest BCUT2D eigenvalue weighted by molar-refractivity contribution is 9.10. The van der Waals surface area contributed by atoms with Gasteiger partial charge in [0.1, 0.15) is 0 Å². The van der Waals surface area contributed by atoms with Crippen LogP contribution in [0.3, 0.4) is 0 Å². The molecule has 0 aliphatic heterocycles. The fraction of sp³-hybridized carbons (Fsp3) is 0.188. The second-order valence-corrected chi connectivity index (χ2v) is 5.48. The zero-order valence-electron chi connectivity index (χ0n) is 11.3. The lowest BCUT2D eigenvalue weighted by atomic mass is 10.1. The molecular weight excluding hydrogens is 316 g/mol. The molecule has 0 aromatic heterocycles. The SMILES string of the molecule is C[C@H](NC(=O)CNc1ccccc1)c1ccc(Br)cc1. The smallest absolute Gasteiger partial charge is 0.239 e. The van der Waals surface area contributed by atoms with Gasteiger partial charge in [-0.25, -0.2) is 0 Å². The van der Waals surface area contributed by atoms with Gasteiger partial charge in [-0.3, -0.25) is 4.79 Å². The molecule has 4 heteroatoms. The van der Waals surface area contributed by atoms with Gasteiger partial charge in [0.2, 0.25) is 5.91 Å². The van der Waals surface area contributed by atoms with Crippen LogP contribution in [0.1, 0.15) is 18.5 Å². The standard InChI is InChI=1S/C16H17BrN2O/c1-12(13-7-9-14(17)10-8-13)19-16(20)11-18-15-5-3-2-4-6-15/h2-10,12,18H,11H2,1H3,(H,19,20)/t12-/m0/s1. The lowest BCUT2D eigenvalue weighted by molar-refractivity contribution is -0.120. The van der Waals surface area contributed by atoms with Gasteiger partial charge >= 0.3 is 0 Å². The van der Waals surface area contributed by atoms with E-state index in [1.165, 1.54) is 0 Å². The maximum absolute atomic E-state index is 11.9. The third kappa shape index (κ3) is 4.38. The summed E-state index contributed by atoms with van der Waals surface area (Å²) in [6.07, 6.45) is 0. The Kier molecular flexibility index (Phi) is 5.18. The molecule has 0 heterocycles. The summed E-state index contributed by atoms with van der Waals surface area (Å²) in [4.78, 5) is 11.9. The number of amides is 1. The first-order valence-electron chi connectivity index (χ1n) is 6.49. The van der Waals surface area contributed by atoms with Crippen LogP contribution in [-0.2, 0) is 4.79 Å². The van der Waals surface area contributed by atoms with E-state index >= 15 is 0 Å². The Morgan fingerprint density at radius 3 is 2.40 bits per heavy atom. The molecule has 2 rings (SSSR count). The monoisotopic (exact) mass is 332 g/mol. The van der Waals surface area contributed by atoms with E-state index in [-0.39, 0.29) is 18.5 Å². The van der Waals surface area contributed by atoms with E-state index in [0.29, 0.717) is 0 Å². The van der Waals surface area contributed by atoms with Crippen molar-refractivity contribution in [3.05, 3.63) is 64.6 Å². The summed E-state index contributed by atoms with van der Waals surface area (Å²) in [5.41, 5.74) is 2.03. The average Bonchev–Trinajstić information content (AvgIpc) is 2.47. The van der Waals surface area contributed by atoms with Crippen LogP contribution in [-0.4, -0.2) is 12.5 Å². The Morgan fingerprint density at radius 1 is 1.10 bits per heavy atom. The van der Waals surface area contributed by atoms with E-state index in [1.807, 2.05) is 61.5 Å². The highest BCUT2D eigenvalue weighted by atomic mass is 79.9. The summed E-state index contributed by atoms with van der Waals surface area (Å²) in [5.74, 6) is -0.0238. The van der Waals surface area contributed by atoms with Crippen molar-refractivity contribution >= 4 is 27.5 Å². The molecule has 0 bridgehead atoms. The number of hydrogen-bond donors (Lipinski definition) is 2. The van der Waals surface area contributed by atoms with E-state index in [4.69, 9.17) is 0 Å². The van der Waals surface area contributed by atoms with Crippen LogP contribution >= 0.6 is 15.9 Å². The molecule has 1 atom stereocenters. The molecule has 3 nitrogen and oxygen atoms in total. The molecule has 0 aliphatic carbocycles. The molecule has 104 valence electrons. The first-order chi connectivity index (χ1) is 9.65. The van der Waals surface area contributed by atoms with Crippen molar-refractivity contribution in [2.75, 3.05) is 11.9 Å². The van der Waals surface area contributed by atoms with Crippen LogP contribution in [0.2, 0.25) is 0 Å². The Hall–Kier alpha value is -1.81. The van der Waals surface area contributed by atoms with Gasteiger partial charge in [-0.05, 0) is 36.8 Å². The number of hydrogen-bond acceptors (Lipinski definition) is 2. The fourth-order valence-electron chi connectivity index (χ4n) is 1.87. The molecule has 2 aromatic rings. The van der Waals surface area contributed by atoms with E-state index < -0.39 is 0 Å². The normalized spacial score (nSPS) is 11.7. The molecule has 0 saturated carbocycles. The molecule has 1 amide bonds. The predicted octanol–water partition coefficient (Wildman–Crippen LogP) is 3.74. The summed E-state index contributed by atoms with van der Waals surface area (Å²) in [5, 5.41) is 6.06. The van der Waals surface area contributed by atoms with E-state index in [0.717, 1.165) is 15.7 Å². The third-order valence-electron chi connectivity index (χ3n) is 2.97. The van der Waals surface area contributed by atoms with Crippen molar-refractivity contribution < 1.29 is 4.79 Å². The second kappa shape index (κ2) is 7.10. The number of rotatable bonds is 5. The minimum absolute atomic E-state index is 0.00632. The highest BCUT2D eigenvalue weighted by Gasteiger charge is 2.09. The molecule has 2 N–H and O–H groups in total. The Morgan fingerprint density at radius 2 is 1.75 bits per heavy atom.